The van der Waals surface area contributed by atoms with Gasteiger partial charge in [-0.3, -0.25) is 14.6 Å². The number of fused-ring (bicyclic) bond motifs is 3. The standard InChI is InChI=1S/C30H25N5O3/c1-30(16-31)17-38-15-21-4-3-19(10-25(21)30)28(36)33-13-23-11-27-20(12-32-23)6-8-26(34-27)18-5-7-24-22(9-18)14-35(2)29(24)37/h3-12H,13-15,17H2,1-2H3,(H,33,36)/t30-/m1/s1. The molecule has 0 aliphatic carbocycles. The highest BCUT2D eigenvalue weighted by atomic mass is 16.5. The van der Waals surface area contributed by atoms with Gasteiger partial charge in [-0.25, -0.2) is 4.98 Å². The summed E-state index contributed by atoms with van der Waals surface area (Å²) in [5.74, 6) is -0.194. The Hall–Kier alpha value is -4.61. The van der Waals surface area contributed by atoms with Crippen LogP contribution in [0.1, 0.15) is 50.0 Å². The van der Waals surface area contributed by atoms with Crippen molar-refractivity contribution in [3.05, 3.63) is 94.3 Å². The lowest BCUT2D eigenvalue weighted by Gasteiger charge is -2.30. The molecule has 2 amide bonds. The number of hydrogen-bond donors (Lipinski definition) is 1. The van der Waals surface area contributed by atoms with E-state index in [1.54, 1.807) is 30.3 Å². The highest BCUT2D eigenvalue weighted by Crippen LogP contribution is 2.33. The summed E-state index contributed by atoms with van der Waals surface area (Å²) in [5.41, 5.74) is 6.43. The molecule has 6 rings (SSSR count). The minimum atomic E-state index is -0.780. The van der Waals surface area contributed by atoms with E-state index in [0.29, 0.717) is 31.0 Å². The molecule has 8 nitrogen and oxygen atoms in total. The average molecular weight is 504 g/mol. The molecule has 0 fully saturated rings. The van der Waals surface area contributed by atoms with Crippen LogP contribution < -0.4 is 5.32 Å². The lowest BCUT2D eigenvalue weighted by atomic mass is 9.79. The van der Waals surface area contributed by atoms with Gasteiger partial charge in [0.25, 0.3) is 11.8 Å². The summed E-state index contributed by atoms with van der Waals surface area (Å²) in [6, 6.07) is 19.3. The van der Waals surface area contributed by atoms with E-state index in [-0.39, 0.29) is 18.4 Å². The van der Waals surface area contributed by atoms with Crippen molar-refractivity contribution in [2.45, 2.75) is 32.0 Å². The van der Waals surface area contributed by atoms with Crippen molar-refractivity contribution in [3.8, 4) is 17.3 Å². The molecule has 2 aliphatic rings. The van der Waals surface area contributed by atoms with Gasteiger partial charge in [0.1, 0.15) is 5.41 Å². The van der Waals surface area contributed by atoms with Gasteiger partial charge in [0.05, 0.1) is 42.7 Å². The van der Waals surface area contributed by atoms with Crippen LogP contribution >= 0.6 is 0 Å². The topological polar surface area (TPSA) is 108 Å². The predicted molar refractivity (Wildman–Crippen MR) is 141 cm³/mol. The fraction of sp³-hybridized carbons (Fsp3) is 0.233. The number of nitrogens with one attached hydrogen (secondary N) is 1. The molecule has 2 aliphatic heterocycles. The first kappa shape index (κ1) is 23.8. The highest BCUT2D eigenvalue weighted by molar-refractivity contribution is 5.99. The lowest BCUT2D eigenvalue weighted by Crippen LogP contribution is -2.33. The number of rotatable bonds is 4. The second kappa shape index (κ2) is 9.05. The van der Waals surface area contributed by atoms with Crippen LogP contribution in [0.4, 0.5) is 0 Å². The summed E-state index contributed by atoms with van der Waals surface area (Å²) >= 11 is 0. The number of nitrogens with zero attached hydrogens (tertiary/aromatic N) is 4. The maximum absolute atomic E-state index is 12.9. The molecular formula is C30H25N5O3. The van der Waals surface area contributed by atoms with Gasteiger partial charge >= 0.3 is 0 Å². The Balaban J connectivity index is 1.21. The monoisotopic (exact) mass is 503 g/mol. The third kappa shape index (κ3) is 4.07. The van der Waals surface area contributed by atoms with E-state index >= 15 is 0 Å². The quantitative estimate of drug-likeness (QED) is 0.449. The van der Waals surface area contributed by atoms with E-state index in [1.165, 1.54) is 0 Å². The van der Waals surface area contributed by atoms with E-state index in [1.807, 2.05) is 49.4 Å². The van der Waals surface area contributed by atoms with E-state index in [9.17, 15) is 14.9 Å². The van der Waals surface area contributed by atoms with Crippen LogP contribution in [0.2, 0.25) is 0 Å². The molecule has 2 aromatic carbocycles. The molecule has 0 saturated carbocycles. The Kier molecular flexibility index (Phi) is 5.66. The van der Waals surface area contributed by atoms with E-state index in [0.717, 1.165) is 44.4 Å². The Morgan fingerprint density at radius 2 is 2.03 bits per heavy atom. The minimum absolute atomic E-state index is 0.0410. The molecule has 2 aromatic heterocycles. The van der Waals surface area contributed by atoms with Gasteiger partial charge in [-0.05, 0) is 66.1 Å². The summed E-state index contributed by atoms with van der Waals surface area (Å²) in [6.07, 6.45) is 1.75. The molecule has 0 bridgehead atoms. The average Bonchev–Trinajstić information content (AvgIpc) is 3.23. The fourth-order valence-corrected chi connectivity index (χ4v) is 5.11. The van der Waals surface area contributed by atoms with Crippen LogP contribution in [0.15, 0.2) is 60.8 Å². The van der Waals surface area contributed by atoms with Gasteiger partial charge in [0.15, 0.2) is 0 Å². The zero-order valence-corrected chi connectivity index (χ0v) is 21.1. The largest absolute Gasteiger partial charge is 0.375 e. The van der Waals surface area contributed by atoms with Crippen molar-refractivity contribution in [3.63, 3.8) is 0 Å². The van der Waals surface area contributed by atoms with Crippen molar-refractivity contribution >= 4 is 22.7 Å². The summed E-state index contributed by atoms with van der Waals surface area (Å²) < 4.78 is 5.56. The Morgan fingerprint density at radius 3 is 2.87 bits per heavy atom. The van der Waals surface area contributed by atoms with Crippen LogP contribution in [-0.4, -0.2) is 40.3 Å². The first-order chi connectivity index (χ1) is 18.3. The van der Waals surface area contributed by atoms with Gasteiger partial charge in [-0.15, -0.1) is 0 Å². The zero-order valence-electron chi connectivity index (χ0n) is 21.1. The van der Waals surface area contributed by atoms with Crippen molar-refractivity contribution in [1.82, 2.24) is 20.2 Å². The SMILES string of the molecule is CN1Cc2cc(-c3ccc4cnc(CNC(=O)c5ccc6c(c5)[C@](C)(C#N)COC6)cc4n3)ccc2C1=O. The molecule has 1 N–H and O–H groups in total. The summed E-state index contributed by atoms with van der Waals surface area (Å²) in [5, 5.41) is 13.5. The van der Waals surface area contributed by atoms with Gasteiger partial charge in [-0.2, -0.15) is 5.26 Å². The lowest BCUT2D eigenvalue weighted by molar-refractivity contribution is 0.0757. The van der Waals surface area contributed by atoms with Crippen LogP contribution in [0, 0.1) is 11.3 Å². The first-order valence-electron chi connectivity index (χ1n) is 12.4. The number of amides is 2. The van der Waals surface area contributed by atoms with Crippen molar-refractivity contribution < 1.29 is 14.3 Å². The second-order valence-corrected chi connectivity index (χ2v) is 10.1. The third-order valence-corrected chi connectivity index (χ3v) is 7.31. The summed E-state index contributed by atoms with van der Waals surface area (Å²) in [4.78, 5) is 36.2. The molecule has 0 unspecified atom stereocenters. The predicted octanol–water partition coefficient (Wildman–Crippen LogP) is 4.12. The van der Waals surface area contributed by atoms with Crippen molar-refractivity contribution in [2.75, 3.05) is 13.7 Å². The fourth-order valence-electron chi connectivity index (χ4n) is 5.11. The molecule has 188 valence electrons. The third-order valence-electron chi connectivity index (χ3n) is 7.31. The number of aromatic nitrogens is 2. The van der Waals surface area contributed by atoms with Gasteiger partial charge in [0, 0.05) is 41.9 Å². The van der Waals surface area contributed by atoms with E-state index < -0.39 is 5.41 Å². The molecule has 0 radical (unpaired) electrons. The number of hydrogen-bond acceptors (Lipinski definition) is 6. The van der Waals surface area contributed by atoms with Gasteiger partial charge in [0.2, 0.25) is 0 Å². The second-order valence-electron chi connectivity index (χ2n) is 10.1. The Bertz CT molecular complexity index is 1670. The molecule has 8 heteroatoms. The van der Waals surface area contributed by atoms with Gasteiger partial charge in [-0.1, -0.05) is 12.1 Å². The number of ether oxygens (including phenoxy) is 1. The smallest absolute Gasteiger partial charge is 0.254 e. The maximum Gasteiger partial charge on any atom is 0.254 e. The van der Waals surface area contributed by atoms with Crippen molar-refractivity contribution in [1.29, 1.82) is 5.26 Å². The highest BCUT2D eigenvalue weighted by Gasteiger charge is 2.33. The number of carbonyl (C=O) groups excluding carboxylic acids is 2. The summed E-state index contributed by atoms with van der Waals surface area (Å²) in [7, 11) is 1.80. The number of pyridine rings is 2. The van der Waals surface area contributed by atoms with E-state index in [2.05, 4.69) is 16.4 Å². The first-order valence-corrected chi connectivity index (χ1v) is 12.4. The van der Waals surface area contributed by atoms with Crippen LogP contribution in [-0.2, 0) is 29.8 Å². The normalized spacial score (nSPS) is 18.1. The molecule has 4 aromatic rings. The van der Waals surface area contributed by atoms with Crippen LogP contribution in [0.25, 0.3) is 22.2 Å². The van der Waals surface area contributed by atoms with E-state index in [4.69, 9.17) is 9.72 Å². The van der Waals surface area contributed by atoms with Crippen LogP contribution in [0.5, 0.6) is 0 Å². The number of nitriles is 1. The molecule has 0 saturated heterocycles. The molecular weight excluding hydrogens is 478 g/mol. The Morgan fingerprint density at radius 1 is 1.16 bits per heavy atom. The Labute approximate surface area is 219 Å². The minimum Gasteiger partial charge on any atom is -0.375 e. The number of benzene rings is 2. The summed E-state index contributed by atoms with van der Waals surface area (Å²) in [6.45, 7) is 3.40. The number of carbonyl (C=O) groups is 2. The maximum atomic E-state index is 12.9. The van der Waals surface area contributed by atoms with Crippen molar-refractivity contribution in [2.24, 2.45) is 0 Å². The molecule has 38 heavy (non-hydrogen) atoms. The zero-order chi connectivity index (χ0) is 26.4. The molecule has 0 spiro atoms. The van der Waals surface area contributed by atoms with Gasteiger partial charge < -0.3 is 15.0 Å². The molecule has 4 heterocycles. The van der Waals surface area contributed by atoms with Crippen LogP contribution in [0.3, 0.4) is 0 Å². The molecule has 1 atom stereocenters.